The van der Waals surface area contributed by atoms with Crippen LogP contribution < -0.4 is 4.74 Å². The number of esters is 1. The lowest BCUT2D eigenvalue weighted by Crippen LogP contribution is -2.11. The fourth-order valence-electron chi connectivity index (χ4n) is 1.79. The van der Waals surface area contributed by atoms with Crippen LogP contribution in [0.15, 0.2) is 16.7 Å². The van der Waals surface area contributed by atoms with Crippen LogP contribution >= 0.6 is 0 Å². The van der Waals surface area contributed by atoms with E-state index in [1.807, 2.05) is 0 Å². The van der Waals surface area contributed by atoms with E-state index in [1.165, 1.54) is 26.4 Å². The van der Waals surface area contributed by atoms with Gasteiger partial charge in [0.05, 0.1) is 19.3 Å². The molecule has 0 aliphatic heterocycles. The van der Waals surface area contributed by atoms with Crippen molar-refractivity contribution in [2.24, 2.45) is 0 Å². The zero-order valence-electron chi connectivity index (χ0n) is 12.5. The first-order valence-electron chi connectivity index (χ1n) is 6.44. The number of methoxy groups -OCH3 is 2. The molecule has 1 N–H and O–H groups in total. The number of hydrogen-bond acceptors (Lipinski definition) is 8. The summed E-state index contributed by atoms with van der Waals surface area (Å²) >= 11 is 0. The van der Waals surface area contributed by atoms with Gasteiger partial charge in [-0.3, -0.25) is 0 Å². The van der Waals surface area contributed by atoms with Gasteiger partial charge in [-0.05, 0) is 12.1 Å². The van der Waals surface area contributed by atoms with Crippen LogP contribution in [-0.2, 0) is 9.47 Å². The molecule has 1 aromatic heterocycles. The molecule has 2 aromatic rings. The van der Waals surface area contributed by atoms with E-state index < -0.39 is 5.97 Å². The second-order valence-corrected chi connectivity index (χ2v) is 4.34. The van der Waals surface area contributed by atoms with Crippen LogP contribution in [0.5, 0.6) is 11.5 Å². The monoisotopic (exact) mass is 308 g/mol. The van der Waals surface area contributed by atoms with Gasteiger partial charge in [0.1, 0.15) is 6.61 Å². The first kappa shape index (κ1) is 15.8. The number of ether oxygens (including phenoxy) is 3. The van der Waals surface area contributed by atoms with Gasteiger partial charge < -0.3 is 23.8 Å². The molecule has 0 atom stereocenters. The number of aromatic hydroxyl groups is 1. The van der Waals surface area contributed by atoms with Crippen molar-refractivity contribution in [1.82, 2.24) is 10.1 Å². The van der Waals surface area contributed by atoms with E-state index in [9.17, 15) is 9.90 Å². The maximum absolute atomic E-state index is 12.2. The van der Waals surface area contributed by atoms with Gasteiger partial charge in [-0.1, -0.05) is 5.16 Å². The molecule has 1 heterocycles. The van der Waals surface area contributed by atoms with E-state index in [4.69, 9.17) is 18.7 Å². The van der Waals surface area contributed by atoms with Crippen molar-refractivity contribution in [3.63, 3.8) is 0 Å². The lowest BCUT2D eigenvalue weighted by Gasteiger charge is -2.10. The van der Waals surface area contributed by atoms with Crippen LogP contribution in [0.2, 0.25) is 0 Å². The van der Waals surface area contributed by atoms with Gasteiger partial charge in [0.25, 0.3) is 0 Å². The molecular formula is C14H16N2O6. The molecule has 0 aliphatic rings. The average Bonchev–Trinajstić information content (AvgIpc) is 2.93. The Bertz CT molecular complexity index is 667. The lowest BCUT2D eigenvalue weighted by molar-refractivity contribution is 0.0388. The summed E-state index contributed by atoms with van der Waals surface area (Å²) in [6.45, 7) is 1.99. The number of hydrogen-bond donors (Lipinski definition) is 1. The maximum atomic E-state index is 12.2. The Hall–Kier alpha value is -2.61. The number of rotatable bonds is 6. The molecule has 0 radical (unpaired) electrons. The second kappa shape index (κ2) is 6.90. The number of carbonyl (C=O) groups excluding carboxylic acids is 1. The van der Waals surface area contributed by atoms with E-state index in [1.54, 1.807) is 6.92 Å². The van der Waals surface area contributed by atoms with Crippen LogP contribution in [0.3, 0.4) is 0 Å². The largest absolute Gasteiger partial charge is 0.504 e. The predicted octanol–water partition coefficient (Wildman–Crippen LogP) is 1.56. The van der Waals surface area contributed by atoms with Gasteiger partial charge in [0.2, 0.25) is 11.7 Å². The molecule has 22 heavy (non-hydrogen) atoms. The highest BCUT2D eigenvalue weighted by Gasteiger charge is 2.21. The summed E-state index contributed by atoms with van der Waals surface area (Å²) in [5.74, 6) is -0.0845. The highest BCUT2D eigenvalue weighted by molar-refractivity contribution is 5.97. The summed E-state index contributed by atoms with van der Waals surface area (Å²) in [5, 5.41) is 13.6. The van der Waals surface area contributed by atoms with Gasteiger partial charge in [-0.25, -0.2) is 4.79 Å². The molecule has 8 nitrogen and oxygen atoms in total. The first-order chi connectivity index (χ1) is 10.6. The zero-order chi connectivity index (χ0) is 16.1. The number of benzene rings is 1. The molecule has 0 unspecified atom stereocenters. The highest BCUT2D eigenvalue weighted by atomic mass is 16.6. The molecule has 0 bridgehead atoms. The Balaban J connectivity index is 2.42. The van der Waals surface area contributed by atoms with Crippen LogP contribution in [0, 0.1) is 6.92 Å². The number of nitrogens with zero attached hydrogens (tertiary/aromatic N) is 2. The smallest absolute Gasteiger partial charge is 0.339 e. The van der Waals surface area contributed by atoms with Crippen LogP contribution in [-0.4, -0.2) is 48.6 Å². The first-order valence-corrected chi connectivity index (χ1v) is 6.44. The molecule has 8 heteroatoms. The van der Waals surface area contributed by atoms with Crippen LogP contribution in [0.1, 0.15) is 16.2 Å². The third-order valence-electron chi connectivity index (χ3n) is 2.83. The average molecular weight is 308 g/mol. The molecule has 0 saturated carbocycles. The van der Waals surface area contributed by atoms with E-state index in [0.717, 1.165) is 0 Å². The molecular weight excluding hydrogens is 292 g/mol. The maximum Gasteiger partial charge on any atom is 0.339 e. The zero-order valence-corrected chi connectivity index (χ0v) is 12.5. The van der Waals surface area contributed by atoms with E-state index in [-0.39, 0.29) is 36.1 Å². The molecule has 0 amide bonds. The van der Waals surface area contributed by atoms with E-state index in [2.05, 4.69) is 10.1 Å². The molecule has 0 spiro atoms. The summed E-state index contributed by atoms with van der Waals surface area (Å²) in [6.07, 6.45) is 0. The second-order valence-electron chi connectivity index (χ2n) is 4.34. The number of phenols is 1. The van der Waals surface area contributed by atoms with Crippen molar-refractivity contribution in [2.75, 3.05) is 27.4 Å². The van der Waals surface area contributed by atoms with Crippen molar-refractivity contribution in [3.05, 3.63) is 23.6 Å². The van der Waals surface area contributed by atoms with E-state index in [0.29, 0.717) is 11.5 Å². The minimum absolute atomic E-state index is 0.0901. The van der Waals surface area contributed by atoms with Gasteiger partial charge in [0.15, 0.2) is 11.5 Å². The predicted molar refractivity (Wildman–Crippen MR) is 74.8 cm³/mol. The summed E-state index contributed by atoms with van der Waals surface area (Å²) in [5.41, 5.74) is 0.448. The Morgan fingerprint density at radius 2 is 2.09 bits per heavy atom. The van der Waals surface area contributed by atoms with Crippen LogP contribution in [0.25, 0.3) is 11.4 Å². The van der Waals surface area contributed by atoms with Crippen molar-refractivity contribution in [3.8, 4) is 22.9 Å². The van der Waals surface area contributed by atoms with Gasteiger partial charge in [-0.15, -0.1) is 0 Å². The normalized spacial score (nSPS) is 10.5. The van der Waals surface area contributed by atoms with Gasteiger partial charge in [-0.2, -0.15) is 4.98 Å². The number of aromatic nitrogens is 2. The standard InChI is InChI=1S/C14H16N2O6/c1-8-15-13(16-22-8)9-7-12(20-3)11(17)6-10(9)14(18)21-5-4-19-2/h6-7,17H,4-5H2,1-3H3. The topological polar surface area (TPSA) is 104 Å². The fourth-order valence-corrected chi connectivity index (χ4v) is 1.79. The molecule has 2 rings (SSSR count). The lowest BCUT2D eigenvalue weighted by atomic mass is 10.1. The SMILES string of the molecule is COCCOC(=O)c1cc(O)c(OC)cc1-c1noc(C)n1. The van der Waals surface area contributed by atoms with Crippen molar-refractivity contribution >= 4 is 5.97 Å². The number of aryl methyl sites for hydroxylation is 1. The third kappa shape index (κ3) is 3.34. The van der Waals surface area contributed by atoms with Gasteiger partial charge in [0, 0.05) is 19.6 Å². The van der Waals surface area contributed by atoms with E-state index >= 15 is 0 Å². The summed E-state index contributed by atoms with van der Waals surface area (Å²) in [6, 6.07) is 2.70. The molecule has 0 fully saturated rings. The summed E-state index contributed by atoms with van der Waals surface area (Å²) in [4.78, 5) is 16.2. The number of carbonyl (C=O) groups is 1. The Kier molecular flexibility index (Phi) is 4.95. The molecule has 1 aromatic carbocycles. The molecule has 0 saturated heterocycles. The summed E-state index contributed by atoms with van der Waals surface area (Å²) in [7, 11) is 2.90. The number of phenolic OH excluding ortho intramolecular Hbond substituents is 1. The minimum atomic E-state index is -0.632. The van der Waals surface area contributed by atoms with Crippen LogP contribution in [0.4, 0.5) is 0 Å². The minimum Gasteiger partial charge on any atom is -0.504 e. The third-order valence-corrected chi connectivity index (χ3v) is 2.83. The summed E-state index contributed by atoms with van der Waals surface area (Å²) < 4.78 is 19.8. The fraction of sp³-hybridized carbons (Fsp3) is 0.357. The van der Waals surface area contributed by atoms with Crippen molar-refractivity contribution in [2.45, 2.75) is 6.92 Å². The quantitative estimate of drug-likeness (QED) is 0.633. The van der Waals surface area contributed by atoms with Crippen molar-refractivity contribution in [1.29, 1.82) is 0 Å². The Labute approximate surface area is 126 Å². The van der Waals surface area contributed by atoms with Gasteiger partial charge >= 0.3 is 5.97 Å². The Morgan fingerprint density at radius 3 is 2.68 bits per heavy atom. The highest BCUT2D eigenvalue weighted by Crippen LogP contribution is 2.34. The van der Waals surface area contributed by atoms with Crippen molar-refractivity contribution < 1.29 is 28.6 Å². The Morgan fingerprint density at radius 1 is 1.32 bits per heavy atom. The molecule has 0 aliphatic carbocycles. The molecule has 118 valence electrons.